The molecule has 0 saturated heterocycles. The maximum atomic E-state index is 9.22. The molecule has 0 aliphatic rings. The molecule has 1 aromatic carbocycles. The Morgan fingerprint density at radius 1 is 1.33 bits per heavy atom. The molecule has 3 heteroatoms. The number of benzene rings is 1. The Bertz CT molecular complexity index is 236. The molecule has 0 bridgehead atoms. The van der Waals surface area contributed by atoms with Crippen molar-refractivity contribution in [2.75, 3.05) is 0 Å². The first-order valence-electron chi connectivity index (χ1n) is 3.48. The molecule has 12 heavy (non-hydrogen) atoms. The summed E-state index contributed by atoms with van der Waals surface area (Å²) in [6, 6.07) is 6.92. The Kier molecular flexibility index (Phi) is 5.72. The number of para-hydroxylation sites is 1. The number of hydrogen-bond donors (Lipinski definition) is 2. The zero-order chi connectivity index (χ0) is 8.27. The van der Waals surface area contributed by atoms with Crippen molar-refractivity contribution in [2.45, 2.75) is 12.5 Å². The van der Waals surface area contributed by atoms with Gasteiger partial charge in [0.25, 0.3) is 0 Å². The molecule has 2 nitrogen and oxygen atoms in total. The fraction of sp³-hybridized carbons (Fsp3) is 0.222. The molecule has 0 fully saturated rings. The van der Waals surface area contributed by atoms with Crippen molar-refractivity contribution in [2.24, 2.45) is 0 Å². The third kappa shape index (κ3) is 3.66. The van der Waals surface area contributed by atoms with E-state index in [1.807, 2.05) is 6.07 Å². The molecule has 0 aliphatic carbocycles. The second-order valence-corrected chi connectivity index (χ2v) is 2.49. The summed E-state index contributed by atoms with van der Waals surface area (Å²) >= 11 is 0. The van der Waals surface area contributed by atoms with Crippen LogP contribution >= 0.6 is 0 Å². The van der Waals surface area contributed by atoms with Gasteiger partial charge in [-0.1, -0.05) is 24.3 Å². The summed E-state index contributed by atoms with van der Waals surface area (Å²) in [7, 11) is 0. The zero-order valence-electron chi connectivity index (χ0n) is 6.77. The predicted octanol–water partition coefficient (Wildman–Crippen LogP) is 1.13. The second-order valence-electron chi connectivity index (χ2n) is 2.49. The van der Waals surface area contributed by atoms with Gasteiger partial charge in [-0.15, -0.1) is 0 Å². The minimum absolute atomic E-state index is 0. The maximum absolute atomic E-state index is 9.22. The normalized spacial score (nSPS) is 11.8. The van der Waals surface area contributed by atoms with Gasteiger partial charge in [0.15, 0.2) is 0 Å². The molecule has 0 heterocycles. The monoisotopic (exact) mass is 240 g/mol. The molecule has 1 radical (unpaired) electrons. The zero-order valence-corrected chi connectivity index (χ0v) is 9.61. The summed E-state index contributed by atoms with van der Waals surface area (Å²) < 4.78 is 0. The van der Waals surface area contributed by atoms with Crippen LogP contribution in [0.3, 0.4) is 0 Å². The van der Waals surface area contributed by atoms with Crippen LogP contribution in [0.1, 0.15) is 5.56 Å². The molecule has 0 saturated carbocycles. The van der Waals surface area contributed by atoms with Crippen LogP contribution in [-0.4, -0.2) is 16.3 Å². The van der Waals surface area contributed by atoms with Gasteiger partial charge in [-0.2, -0.15) is 0 Å². The van der Waals surface area contributed by atoms with E-state index in [0.29, 0.717) is 6.42 Å². The van der Waals surface area contributed by atoms with Gasteiger partial charge in [0.05, 0.1) is 0 Å². The molecule has 2 N–H and O–H groups in total. The van der Waals surface area contributed by atoms with Crippen LogP contribution in [0.15, 0.2) is 24.3 Å². The fourth-order valence-corrected chi connectivity index (χ4v) is 0.937. The van der Waals surface area contributed by atoms with Crippen LogP contribution in [0, 0.1) is 6.92 Å². The van der Waals surface area contributed by atoms with E-state index in [2.05, 4.69) is 6.92 Å². The van der Waals surface area contributed by atoms with Crippen LogP contribution < -0.4 is 0 Å². The van der Waals surface area contributed by atoms with Crippen molar-refractivity contribution in [3.63, 3.8) is 0 Å². The van der Waals surface area contributed by atoms with Gasteiger partial charge >= 0.3 is 0 Å². The molecule has 0 aromatic heterocycles. The van der Waals surface area contributed by atoms with Gasteiger partial charge in [-0.25, -0.2) is 0 Å². The van der Waals surface area contributed by atoms with Crippen molar-refractivity contribution in [3.8, 4) is 5.75 Å². The Labute approximate surface area is 97.5 Å². The molecular weight excluding hydrogens is 229 g/mol. The summed E-state index contributed by atoms with van der Waals surface area (Å²) in [5.74, 6) is 0.218. The largest absolute Gasteiger partial charge is 0.508 e. The van der Waals surface area contributed by atoms with E-state index in [1.54, 1.807) is 18.2 Å². The Morgan fingerprint density at radius 3 is 2.42 bits per heavy atom. The molecule has 1 aromatic rings. The van der Waals surface area contributed by atoms with Gasteiger partial charge < -0.3 is 17.1 Å². The van der Waals surface area contributed by atoms with Crippen molar-refractivity contribution in [3.05, 3.63) is 36.8 Å². The summed E-state index contributed by atoms with van der Waals surface area (Å²) in [5.41, 5.74) is 0.731. The molecular formula is C9H11O2Y-. The van der Waals surface area contributed by atoms with E-state index in [-0.39, 0.29) is 38.5 Å². The van der Waals surface area contributed by atoms with Crippen molar-refractivity contribution in [1.82, 2.24) is 0 Å². The van der Waals surface area contributed by atoms with Crippen LogP contribution in [0.25, 0.3) is 0 Å². The van der Waals surface area contributed by atoms with Gasteiger partial charge in [-0.05, 0) is 18.1 Å². The van der Waals surface area contributed by atoms with Crippen molar-refractivity contribution >= 4 is 0 Å². The summed E-state index contributed by atoms with van der Waals surface area (Å²) in [6.45, 7) is 3.42. The van der Waals surface area contributed by atoms with E-state index >= 15 is 0 Å². The van der Waals surface area contributed by atoms with Gasteiger partial charge in [-0.3, -0.25) is 0 Å². The van der Waals surface area contributed by atoms with Crippen molar-refractivity contribution < 1.29 is 42.9 Å². The number of aliphatic hydroxyl groups excluding tert-OH is 1. The molecule has 63 valence electrons. The SMILES string of the molecule is [CH2-]C(O)Cc1ccccc1O.[Y]. The smallest absolute Gasteiger partial charge is 0.118 e. The second kappa shape index (κ2) is 5.68. The number of hydrogen-bond acceptors (Lipinski definition) is 2. The fourth-order valence-electron chi connectivity index (χ4n) is 0.937. The molecule has 0 spiro atoms. The number of aromatic hydroxyl groups is 1. The summed E-state index contributed by atoms with van der Waals surface area (Å²) in [6.07, 6.45) is -0.254. The third-order valence-corrected chi connectivity index (χ3v) is 1.45. The topological polar surface area (TPSA) is 40.5 Å². The Balaban J connectivity index is 0.00000121. The van der Waals surface area contributed by atoms with Crippen molar-refractivity contribution in [1.29, 1.82) is 0 Å². The molecule has 1 rings (SSSR count). The van der Waals surface area contributed by atoms with Gasteiger partial charge in [0, 0.05) is 32.7 Å². The molecule has 0 aliphatic heterocycles. The number of aliphatic hydroxyl groups is 1. The standard InChI is InChI=1S/C9H11O2.Y/c1-7(10)6-8-4-2-3-5-9(8)11;/h2-5,7,10-11H,1,6H2;/q-1;. The first-order valence-corrected chi connectivity index (χ1v) is 3.48. The quantitative estimate of drug-likeness (QED) is 0.760. The van der Waals surface area contributed by atoms with E-state index in [4.69, 9.17) is 5.11 Å². The van der Waals surface area contributed by atoms with Crippen LogP contribution in [0.2, 0.25) is 0 Å². The molecule has 0 amide bonds. The summed E-state index contributed by atoms with van der Waals surface area (Å²) in [5, 5.41) is 18.1. The van der Waals surface area contributed by atoms with Crippen LogP contribution in [0.4, 0.5) is 0 Å². The van der Waals surface area contributed by atoms with E-state index in [9.17, 15) is 5.11 Å². The minimum atomic E-state index is -0.650. The van der Waals surface area contributed by atoms with Gasteiger partial charge in [0.1, 0.15) is 5.75 Å². The number of phenolic OH excluding ortho intramolecular Hbond substituents is 1. The summed E-state index contributed by atoms with van der Waals surface area (Å²) in [4.78, 5) is 0. The Hall–Kier alpha value is 0.0839. The Morgan fingerprint density at radius 2 is 1.92 bits per heavy atom. The van der Waals surface area contributed by atoms with E-state index < -0.39 is 6.10 Å². The minimum Gasteiger partial charge on any atom is -0.508 e. The maximum Gasteiger partial charge on any atom is 0.118 e. The van der Waals surface area contributed by atoms with E-state index in [0.717, 1.165) is 5.56 Å². The van der Waals surface area contributed by atoms with E-state index in [1.165, 1.54) is 0 Å². The van der Waals surface area contributed by atoms with Crippen LogP contribution in [0.5, 0.6) is 5.75 Å². The average Bonchev–Trinajstić information content (AvgIpc) is 1.93. The first-order chi connectivity index (χ1) is 5.20. The first kappa shape index (κ1) is 12.1. The third-order valence-electron chi connectivity index (χ3n) is 1.45. The number of phenols is 1. The average molecular weight is 240 g/mol. The predicted molar refractivity (Wildman–Crippen MR) is 43.2 cm³/mol. The molecule has 1 unspecified atom stereocenters. The van der Waals surface area contributed by atoms with Crippen LogP contribution in [-0.2, 0) is 39.1 Å². The number of rotatable bonds is 2. The van der Waals surface area contributed by atoms with Gasteiger partial charge in [0.2, 0.25) is 0 Å². The molecule has 1 atom stereocenters.